The number of hydrogen-bond donors (Lipinski definition) is 0. The van der Waals surface area contributed by atoms with Crippen LogP contribution in [0.15, 0.2) is 41.2 Å². The topological polar surface area (TPSA) is 21.4 Å². The van der Waals surface area contributed by atoms with Crippen molar-refractivity contribution in [3.8, 4) is 0 Å². The number of carbonyl (C=O) groups excluding carboxylic acids is 1. The lowest BCUT2D eigenvalue weighted by atomic mass is 9.82. The number of allylic oxidation sites excluding steroid dienone is 4. The van der Waals surface area contributed by atoms with Crippen molar-refractivity contribution >= 4 is 6.29 Å². The van der Waals surface area contributed by atoms with E-state index >= 15 is 0 Å². The van der Waals surface area contributed by atoms with Crippen LogP contribution in [0, 0.1) is 5.41 Å². The van der Waals surface area contributed by atoms with Crippen LogP contribution in [-0.4, -0.2) is 11.1 Å². The van der Waals surface area contributed by atoms with E-state index in [1.807, 2.05) is 19.9 Å². The Morgan fingerprint density at radius 2 is 1.80 bits per heavy atom. The smallest absolute Gasteiger partial charge is 0.282 e. The van der Waals surface area contributed by atoms with Gasteiger partial charge in [-0.15, -0.1) is 5.73 Å². The van der Waals surface area contributed by atoms with Crippen LogP contribution in [0.2, 0.25) is 0 Å². The monoisotopic (exact) mass is 205 g/mol. The molecule has 0 aliphatic heterocycles. The van der Waals surface area contributed by atoms with Crippen molar-refractivity contribution in [1.29, 1.82) is 0 Å². The molecule has 1 N–H and O–H groups in total. The molecule has 0 bridgehead atoms. The highest BCUT2D eigenvalue weighted by atomic mass is 16.1. The third-order valence-electron chi connectivity index (χ3n) is 1.93. The molecule has 0 unspecified atom stereocenters. The van der Waals surface area contributed by atoms with Gasteiger partial charge in [-0.3, -0.25) is 4.79 Å². The predicted molar refractivity (Wildman–Crippen MR) is 67.6 cm³/mol. The molecular weight excluding hydrogens is 184 g/mol. The van der Waals surface area contributed by atoms with Gasteiger partial charge in [0.05, 0.1) is 0 Å². The molecule has 0 aromatic carbocycles. The molecule has 0 aliphatic rings. The Balaban J connectivity index is 5.46. The second kappa shape index (κ2) is 5.53. The van der Waals surface area contributed by atoms with Gasteiger partial charge in [-0.05, 0) is 30.9 Å². The van der Waals surface area contributed by atoms with E-state index in [9.17, 15) is 0 Å². The Hall–Kier alpha value is -1.33. The normalized spacial score (nSPS) is 11.7. The maximum atomic E-state index is 8.76. The van der Waals surface area contributed by atoms with E-state index < -0.39 is 0 Å². The summed E-state index contributed by atoms with van der Waals surface area (Å²) in [5, 5.41) is 0. The first-order valence-electron chi connectivity index (χ1n) is 5.06. The van der Waals surface area contributed by atoms with E-state index in [-0.39, 0.29) is 5.41 Å². The van der Waals surface area contributed by atoms with Gasteiger partial charge in [0, 0.05) is 11.6 Å². The molecule has 0 heterocycles. The molecule has 0 saturated carbocycles. The molecular formula is C14H21O+. The third kappa shape index (κ3) is 5.19. The third-order valence-corrected chi connectivity index (χ3v) is 1.93. The summed E-state index contributed by atoms with van der Waals surface area (Å²) in [4.78, 5) is 8.76. The van der Waals surface area contributed by atoms with E-state index in [0.29, 0.717) is 0 Å². The average molecular weight is 205 g/mol. The maximum Gasteiger partial charge on any atom is 0.305 e. The summed E-state index contributed by atoms with van der Waals surface area (Å²) in [6.07, 6.45) is 4.61. The van der Waals surface area contributed by atoms with E-state index in [1.165, 1.54) is 0 Å². The lowest BCUT2D eigenvalue weighted by Crippen LogP contribution is -2.09. The fourth-order valence-electron chi connectivity index (χ4n) is 1.31. The first-order valence-corrected chi connectivity index (χ1v) is 5.06. The molecule has 0 spiro atoms. The van der Waals surface area contributed by atoms with Gasteiger partial charge in [0.2, 0.25) is 0 Å². The van der Waals surface area contributed by atoms with Gasteiger partial charge in [-0.1, -0.05) is 32.9 Å². The first kappa shape index (κ1) is 13.7. The largest absolute Gasteiger partial charge is 0.305 e. The molecule has 1 heteroatoms. The second-order valence-corrected chi connectivity index (χ2v) is 4.76. The minimum Gasteiger partial charge on any atom is -0.282 e. The van der Waals surface area contributed by atoms with Gasteiger partial charge < -0.3 is 0 Å². The molecule has 15 heavy (non-hydrogen) atoms. The molecule has 0 rings (SSSR count). The molecule has 0 aliphatic carbocycles. The Morgan fingerprint density at radius 1 is 1.27 bits per heavy atom. The summed E-state index contributed by atoms with van der Waals surface area (Å²) in [6, 6.07) is 0. The molecule has 0 saturated heterocycles. The summed E-state index contributed by atoms with van der Waals surface area (Å²) in [7, 11) is 0. The molecule has 0 fully saturated rings. The minimum absolute atomic E-state index is 0.00947. The van der Waals surface area contributed by atoms with Crippen molar-refractivity contribution in [2.75, 3.05) is 0 Å². The van der Waals surface area contributed by atoms with Crippen LogP contribution in [-0.2, 0) is 0 Å². The Labute approximate surface area is 92.9 Å². The second-order valence-electron chi connectivity index (χ2n) is 4.76. The standard InChI is InChI=1S/C14H20O/c1-11(2)7-8-13(14(4,5)6)12(3)9-10-15/h7,9-10H,1H2,2-6H3/p+1/b12-9-. The van der Waals surface area contributed by atoms with Crippen LogP contribution in [0.25, 0.3) is 0 Å². The van der Waals surface area contributed by atoms with Crippen molar-refractivity contribution < 1.29 is 4.79 Å². The van der Waals surface area contributed by atoms with Crippen molar-refractivity contribution in [1.82, 2.24) is 0 Å². The van der Waals surface area contributed by atoms with Crippen LogP contribution >= 0.6 is 0 Å². The maximum absolute atomic E-state index is 8.76. The molecule has 1 nitrogen and oxygen atoms in total. The number of hydrogen-bond acceptors (Lipinski definition) is 0. The molecule has 0 amide bonds. The highest BCUT2D eigenvalue weighted by Gasteiger charge is 2.18. The molecule has 82 valence electrons. The zero-order valence-corrected chi connectivity index (χ0v) is 10.4. The zero-order chi connectivity index (χ0) is 12.1. The van der Waals surface area contributed by atoms with E-state index in [4.69, 9.17) is 4.79 Å². The van der Waals surface area contributed by atoms with E-state index in [0.717, 1.165) is 23.0 Å². The van der Waals surface area contributed by atoms with Gasteiger partial charge in [0.15, 0.2) is 0 Å². The van der Waals surface area contributed by atoms with Crippen molar-refractivity contribution in [3.63, 3.8) is 0 Å². The van der Waals surface area contributed by atoms with Crippen LogP contribution in [0.4, 0.5) is 0 Å². The van der Waals surface area contributed by atoms with Crippen LogP contribution in [0.1, 0.15) is 34.6 Å². The highest BCUT2D eigenvalue weighted by molar-refractivity contribution is 5.69. The van der Waals surface area contributed by atoms with Crippen molar-refractivity contribution in [3.05, 3.63) is 41.2 Å². The quantitative estimate of drug-likeness (QED) is 0.220. The SMILES string of the molecule is C=C(C)C=C=C(/C(C)=C\C=[OH+])C(C)(C)C. The van der Waals surface area contributed by atoms with Gasteiger partial charge in [0.1, 0.15) is 0 Å². The van der Waals surface area contributed by atoms with Gasteiger partial charge >= 0.3 is 6.29 Å². The molecule has 0 aromatic heterocycles. The first-order chi connectivity index (χ1) is 6.79. The van der Waals surface area contributed by atoms with Gasteiger partial charge in [0.25, 0.3) is 0 Å². The van der Waals surface area contributed by atoms with Crippen LogP contribution in [0.5, 0.6) is 0 Å². The summed E-state index contributed by atoms with van der Waals surface area (Å²) in [6.45, 7) is 14.1. The highest BCUT2D eigenvalue weighted by Crippen LogP contribution is 2.29. The van der Waals surface area contributed by atoms with Gasteiger partial charge in [-0.2, -0.15) is 0 Å². The van der Waals surface area contributed by atoms with E-state index in [1.54, 1.807) is 6.08 Å². The fourth-order valence-corrected chi connectivity index (χ4v) is 1.31. The number of rotatable bonds is 3. The predicted octanol–water partition coefficient (Wildman–Crippen LogP) is 3.81. The lowest BCUT2D eigenvalue weighted by molar-refractivity contribution is 0.511. The molecule has 0 radical (unpaired) electrons. The fraction of sp³-hybridized carbons (Fsp3) is 0.429. The Kier molecular flexibility index (Phi) is 5.04. The number of aldehydes is 1. The summed E-state index contributed by atoms with van der Waals surface area (Å²) in [5.41, 5.74) is 6.31. The van der Waals surface area contributed by atoms with Crippen LogP contribution < -0.4 is 0 Å². The summed E-state index contributed by atoms with van der Waals surface area (Å²) >= 11 is 0. The van der Waals surface area contributed by atoms with Gasteiger partial charge in [-0.25, -0.2) is 0 Å². The molecule has 0 aromatic rings. The zero-order valence-electron chi connectivity index (χ0n) is 10.4. The average Bonchev–Trinajstić information content (AvgIpc) is 2.01. The van der Waals surface area contributed by atoms with Crippen LogP contribution in [0.3, 0.4) is 0 Å². The lowest BCUT2D eigenvalue weighted by Gasteiger charge is -2.21. The minimum atomic E-state index is 0.00947. The van der Waals surface area contributed by atoms with Crippen molar-refractivity contribution in [2.24, 2.45) is 5.41 Å². The Bertz CT molecular complexity index is 342. The van der Waals surface area contributed by atoms with Crippen molar-refractivity contribution in [2.45, 2.75) is 34.6 Å². The summed E-state index contributed by atoms with van der Waals surface area (Å²) < 4.78 is 0. The molecule has 0 atom stereocenters. The van der Waals surface area contributed by atoms with E-state index in [2.05, 4.69) is 33.1 Å². The Morgan fingerprint density at radius 3 is 2.13 bits per heavy atom. The summed E-state index contributed by atoms with van der Waals surface area (Å²) in [5.74, 6) is 0.